The molecule has 0 spiro atoms. The van der Waals surface area contributed by atoms with Crippen LogP contribution < -0.4 is 5.32 Å². The molecule has 0 saturated carbocycles. The number of hydrogen-bond donors (Lipinski definition) is 1. The number of nitrogens with one attached hydrogen (secondary N) is 1. The Bertz CT molecular complexity index is 452. The van der Waals surface area contributed by atoms with Crippen LogP contribution in [0, 0.1) is 0 Å². The summed E-state index contributed by atoms with van der Waals surface area (Å²) in [4.78, 5) is 0. The van der Waals surface area contributed by atoms with Gasteiger partial charge in [0.1, 0.15) is 6.10 Å². The van der Waals surface area contributed by atoms with Crippen molar-refractivity contribution < 1.29 is 9.47 Å². The van der Waals surface area contributed by atoms with Crippen molar-refractivity contribution in [2.45, 2.75) is 69.9 Å². The van der Waals surface area contributed by atoms with Gasteiger partial charge in [0.2, 0.25) is 0 Å². The highest BCUT2D eigenvalue weighted by atomic mass is 16.5. The summed E-state index contributed by atoms with van der Waals surface area (Å²) in [6.07, 6.45) is 9.27. The second kappa shape index (κ2) is 6.46. The number of aryl methyl sites for hydroxylation is 1. The fourth-order valence-corrected chi connectivity index (χ4v) is 3.71. The van der Waals surface area contributed by atoms with E-state index in [2.05, 4.69) is 30.5 Å². The Morgan fingerprint density at radius 3 is 2.71 bits per heavy atom. The molecule has 0 aromatic carbocycles. The van der Waals surface area contributed by atoms with Gasteiger partial charge in [-0.3, -0.25) is 4.68 Å². The van der Waals surface area contributed by atoms with Crippen LogP contribution in [0.3, 0.4) is 0 Å². The Morgan fingerprint density at radius 1 is 1.29 bits per heavy atom. The van der Waals surface area contributed by atoms with Crippen LogP contribution in [-0.2, 0) is 16.5 Å². The molecule has 1 aromatic heterocycles. The van der Waals surface area contributed by atoms with Crippen LogP contribution in [0.5, 0.6) is 0 Å². The van der Waals surface area contributed by atoms with Crippen molar-refractivity contribution in [1.29, 1.82) is 0 Å². The van der Waals surface area contributed by atoms with Crippen molar-refractivity contribution in [1.82, 2.24) is 15.1 Å². The molecule has 118 valence electrons. The Labute approximate surface area is 127 Å². The fraction of sp³-hybridized carbons (Fsp3) is 0.812. The van der Waals surface area contributed by atoms with Gasteiger partial charge >= 0.3 is 0 Å². The van der Waals surface area contributed by atoms with E-state index < -0.39 is 0 Å². The van der Waals surface area contributed by atoms with Crippen LogP contribution in [0.2, 0.25) is 0 Å². The van der Waals surface area contributed by atoms with E-state index in [1.54, 1.807) is 0 Å². The summed E-state index contributed by atoms with van der Waals surface area (Å²) in [5, 5.41) is 8.12. The summed E-state index contributed by atoms with van der Waals surface area (Å²) < 4.78 is 13.7. The van der Waals surface area contributed by atoms with Gasteiger partial charge in [0.25, 0.3) is 0 Å². The van der Waals surface area contributed by atoms with Gasteiger partial charge in [-0.05, 0) is 39.5 Å². The van der Waals surface area contributed by atoms with E-state index in [1.807, 2.05) is 17.9 Å². The molecule has 0 bridgehead atoms. The third-order valence-corrected chi connectivity index (χ3v) is 4.52. The standard InChI is InChI=1S/C16H27N3O2/c1-11-7-14(8-12(2)21-11)18-15-5-4-6-20-16(15)13-9-17-19(3)10-13/h9-12,14-16,18H,4-8H2,1-3H3/t11-,12+,14?,15-,16+/m0/s1. The summed E-state index contributed by atoms with van der Waals surface area (Å²) >= 11 is 0. The van der Waals surface area contributed by atoms with Crippen LogP contribution >= 0.6 is 0 Å². The molecule has 0 radical (unpaired) electrons. The van der Waals surface area contributed by atoms with Gasteiger partial charge in [-0.2, -0.15) is 5.10 Å². The summed E-state index contributed by atoms with van der Waals surface area (Å²) in [6.45, 7) is 5.18. The van der Waals surface area contributed by atoms with Crippen molar-refractivity contribution in [3.05, 3.63) is 18.0 Å². The van der Waals surface area contributed by atoms with Gasteiger partial charge < -0.3 is 14.8 Å². The largest absolute Gasteiger partial charge is 0.375 e. The quantitative estimate of drug-likeness (QED) is 0.928. The lowest BCUT2D eigenvalue weighted by molar-refractivity contribution is -0.0565. The molecule has 2 saturated heterocycles. The van der Waals surface area contributed by atoms with Crippen LogP contribution in [0.1, 0.15) is 51.2 Å². The zero-order valence-electron chi connectivity index (χ0n) is 13.3. The molecule has 3 heterocycles. The molecule has 1 aromatic rings. The zero-order chi connectivity index (χ0) is 14.8. The summed E-state index contributed by atoms with van der Waals surface area (Å²) in [6, 6.07) is 0.903. The summed E-state index contributed by atoms with van der Waals surface area (Å²) in [5.41, 5.74) is 1.18. The first-order valence-electron chi connectivity index (χ1n) is 8.13. The van der Waals surface area contributed by atoms with Crippen LogP contribution in [0.15, 0.2) is 12.4 Å². The van der Waals surface area contributed by atoms with E-state index in [1.165, 1.54) is 12.0 Å². The zero-order valence-corrected chi connectivity index (χ0v) is 13.3. The molecule has 21 heavy (non-hydrogen) atoms. The second-order valence-corrected chi connectivity index (χ2v) is 6.58. The van der Waals surface area contributed by atoms with Gasteiger partial charge in [0, 0.05) is 37.5 Å². The first-order valence-corrected chi connectivity index (χ1v) is 8.13. The van der Waals surface area contributed by atoms with Crippen LogP contribution in [0.4, 0.5) is 0 Å². The van der Waals surface area contributed by atoms with Gasteiger partial charge in [-0.15, -0.1) is 0 Å². The number of aromatic nitrogens is 2. The Kier molecular flexibility index (Phi) is 4.62. The normalized spacial score (nSPS) is 37.6. The highest BCUT2D eigenvalue weighted by Gasteiger charge is 2.32. The van der Waals surface area contributed by atoms with E-state index >= 15 is 0 Å². The van der Waals surface area contributed by atoms with Crippen molar-refractivity contribution in [2.75, 3.05) is 6.61 Å². The second-order valence-electron chi connectivity index (χ2n) is 6.58. The lowest BCUT2D eigenvalue weighted by atomic mass is 9.93. The average molecular weight is 293 g/mol. The molecule has 5 atom stereocenters. The first kappa shape index (κ1) is 15.0. The van der Waals surface area contributed by atoms with Crippen LogP contribution in [-0.4, -0.2) is 40.7 Å². The minimum absolute atomic E-state index is 0.126. The Morgan fingerprint density at radius 2 is 2.05 bits per heavy atom. The van der Waals surface area contributed by atoms with Gasteiger partial charge in [-0.25, -0.2) is 0 Å². The highest BCUT2D eigenvalue weighted by molar-refractivity contribution is 5.12. The van der Waals surface area contributed by atoms with Gasteiger partial charge in [-0.1, -0.05) is 0 Å². The van der Waals surface area contributed by atoms with E-state index in [-0.39, 0.29) is 6.10 Å². The van der Waals surface area contributed by atoms with E-state index in [0.717, 1.165) is 25.9 Å². The molecule has 5 nitrogen and oxygen atoms in total. The maximum atomic E-state index is 6.04. The number of nitrogens with zero attached hydrogens (tertiary/aromatic N) is 2. The predicted octanol–water partition coefficient (Wildman–Crippen LogP) is 2.19. The van der Waals surface area contributed by atoms with Crippen LogP contribution in [0.25, 0.3) is 0 Å². The first-order chi connectivity index (χ1) is 10.1. The summed E-state index contributed by atoms with van der Waals surface area (Å²) in [7, 11) is 1.95. The molecule has 1 N–H and O–H groups in total. The molecule has 2 aliphatic rings. The van der Waals surface area contributed by atoms with Gasteiger partial charge in [0.05, 0.1) is 18.4 Å². The molecule has 0 amide bonds. The number of ether oxygens (including phenoxy) is 2. The number of rotatable bonds is 3. The lowest BCUT2D eigenvalue weighted by Gasteiger charge is -2.39. The molecular formula is C16H27N3O2. The minimum Gasteiger partial charge on any atom is -0.375 e. The van der Waals surface area contributed by atoms with Crippen molar-refractivity contribution >= 4 is 0 Å². The van der Waals surface area contributed by atoms with E-state index in [9.17, 15) is 0 Å². The Hall–Kier alpha value is -0.910. The maximum absolute atomic E-state index is 6.04. The average Bonchev–Trinajstić information content (AvgIpc) is 2.85. The molecule has 2 fully saturated rings. The Balaban J connectivity index is 1.67. The molecule has 2 aliphatic heterocycles. The monoisotopic (exact) mass is 293 g/mol. The molecule has 0 aliphatic carbocycles. The highest BCUT2D eigenvalue weighted by Crippen LogP contribution is 2.30. The number of hydrogen-bond acceptors (Lipinski definition) is 4. The van der Waals surface area contributed by atoms with Crippen molar-refractivity contribution in [3.8, 4) is 0 Å². The molecule has 1 unspecified atom stereocenters. The predicted molar refractivity (Wildman–Crippen MR) is 81.1 cm³/mol. The van der Waals surface area contributed by atoms with E-state index in [0.29, 0.717) is 24.3 Å². The van der Waals surface area contributed by atoms with E-state index in [4.69, 9.17) is 9.47 Å². The maximum Gasteiger partial charge on any atom is 0.101 e. The SMILES string of the molecule is C[C@@H]1CC(N[C@H]2CCCO[C@@H]2c2cnn(C)c2)C[C@H](C)O1. The third-order valence-electron chi connectivity index (χ3n) is 4.52. The summed E-state index contributed by atoms with van der Waals surface area (Å²) in [5.74, 6) is 0. The third kappa shape index (κ3) is 3.65. The minimum atomic E-state index is 0.126. The lowest BCUT2D eigenvalue weighted by Crippen LogP contribution is -2.49. The fourth-order valence-electron chi connectivity index (χ4n) is 3.71. The molecule has 5 heteroatoms. The molecular weight excluding hydrogens is 266 g/mol. The molecule has 3 rings (SSSR count). The van der Waals surface area contributed by atoms with Gasteiger partial charge in [0.15, 0.2) is 0 Å². The van der Waals surface area contributed by atoms with Crippen molar-refractivity contribution in [2.24, 2.45) is 7.05 Å². The van der Waals surface area contributed by atoms with Crippen molar-refractivity contribution in [3.63, 3.8) is 0 Å². The smallest absolute Gasteiger partial charge is 0.101 e. The topological polar surface area (TPSA) is 48.3 Å².